The van der Waals surface area contributed by atoms with E-state index in [0.717, 1.165) is 0 Å². The monoisotopic (exact) mass is 204 g/mol. The molecule has 0 aromatic carbocycles. The highest BCUT2D eigenvalue weighted by molar-refractivity contribution is 5.97. The first-order valence-electron chi connectivity index (χ1n) is 3.93. The van der Waals surface area contributed by atoms with Gasteiger partial charge >= 0.3 is 0 Å². The van der Waals surface area contributed by atoms with Crippen LogP contribution in [0.25, 0.3) is 0 Å². The van der Waals surface area contributed by atoms with Gasteiger partial charge in [-0.25, -0.2) is 11.8 Å². The first kappa shape index (κ1) is 10.9. The number of hydrogen-bond donors (Lipinski definition) is 4. The van der Waals surface area contributed by atoms with Crippen LogP contribution < -0.4 is 22.4 Å². The van der Waals surface area contributed by atoms with Crippen LogP contribution in [-0.4, -0.2) is 37.1 Å². The molecular formula is C6H12N4O4. The maximum Gasteiger partial charge on any atom is 0.245 e. The van der Waals surface area contributed by atoms with Gasteiger partial charge in [-0.05, 0) is 0 Å². The number of nitrogens with one attached hydrogen (secondary N) is 2. The van der Waals surface area contributed by atoms with Gasteiger partial charge < -0.3 is 20.3 Å². The molecule has 1 fully saturated rings. The second-order valence-corrected chi connectivity index (χ2v) is 2.79. The Morgan fingerprint density at radius 2 is 1.36 bits per heavy atom. The van der Waals surface area contributed by atoms with E-state index in [9.17, 15) is 9.59 Å². The van der Waals surface area contributed by atoms with E-state index in [2.05, 4.69) is 20.3 Å². The van der Waals surface area contributed by atoms with Gasteiger partial charge in [-0.1, -0.05) is 0 Å². The van der Waals surface area contributed by atoms with Crippen LogP contribution in [0.2, 0.25) is 0 Å². The molecule has 1 saturated heterocycles. The van der Waals surface area contributed by atoms with Gasteiger partial charge in [0.25, 0.3) is 0 Å². The summed E-state index contributed by atoms with van der Waals surface area (Å²) >= 11 is 0. The van der Waals surface area contributed by atoms with Gasteiger partial charge in [-0.15, -0.1) is 0 Å². The summed E-state index contributed by atoms with van der Waals surface area (Å²) in [6, 6.07) is -1.52. The topological polar surface area (TPSA) is 129 Å². The Morgan fingerprint density at radius 3 is 1.64 bits per heavy atom. The zero-order valence-electron chi connectivity index (χ0n) is 7.36. The molecule has 0 aromatic heterocycles. The summed E-state index contributed by atoms with van der Waals surface area (Å²) in [5.74, 6) is 8.81. The second kappa shape index (κ2) is 4.86. The van der Waals surface area contributed by atoms with Crippen molar-refractivity contribution in [2.75, 3.05) is 13.2 Å². The van der Waals surface area contributed by atoms with Crippen molar-refractivity contribution < 1.29 is 19.3 Å². The lowest BCUT2D eigenvalue weighted by Gasteiger charge is -2.28. The third-order valence-corrected chi connectivity index (χ3v) is 1.79. The van der Waals surface area contributed by atoms with E-state index >= 15 is 0 Å². The normalized spacial score (nSPS) is 27.0. The predicted octanol–water partition coefficient (Wildman–Crippen LogP) is -3.25. The van der Waals surface area contributed by atoms with E-state index in [0.29, 0.717) is 0 Å². The molecule has 1 rings (SSSR count). The van der Waals surface area contributed by atoms with E-state index in [4.69, 9.17) is 11.8 Å². The van der Waals surface area contributed by atoms with Gasteiger partial charge in [-0.2, -0.15) is 0 Å². The van der Waals surface area contributed by atoms with Crippen molar-refractivity contribution >= 4 is 11.8 Å². The molecule has 0 radical (unpaired) electrons. The van der Waals surface area contributed by atoms with E-state index in [1.54, 1.807) is 0 Å². The van der Waals surface area contributed by atoms with Crippen molar-refractivity contribution in [3.05, 3.63) is 0 Å². The third kappa shape index (κ3) is 2.39. The van der Waals surface area contributed by atoms with Gasteiger partial charge in [-0.3, -0.25) is 9.59 Å². The number of carbonyl (C=O) groups excluding carboxylic acids is 2. The van der Waals surface area contributed by atoms with E-state index in [1.807, 2.05) is 0 Å². The summed E-state index contributed by atoms with van der Waals surface area (Å²) in [7, 11) is 0. The highest BCUT2D eigenvalue weighted by atomic mass is 16.6. The molecule has 6 N–H and O–H groups in total. The van der Waals surface area contributed by atoms with E-state index in [-0.39, 0.29) is 25.0 Å². The lowest BCUT2D eigenvalue weighted by atomic mass is 10.1. The smallest absolute Gasteiger partial charge is 0.245 e. The summed E-state index contributed by atoms with van der Waals surface area (Å²) in [5, 5.41) is 4.82. The Morgan fingerprint density at radius 1 is 1.00 bits per heavy atom. The molecule has 2 atom stereocenters. The zero-order chi connectivity index (χ0) is 10.6. The van der Waals surface area contributed by atoms with Crippen LogP contribution in [0, 0.1) is 0 Å². The van der Waals surface area contributed by atoms with Gasteiger partial charge in [0.15, 0.2) is 0 Å². The summed E-state index contributed by atoms with van der Waals surface area (Å²) in [4.78, 5) is 31.0. The minimum atomic E-state index is -0.762. The van der Waals surface area contributed by atoms with Crippen LogP contribution in [-0.2, 0) is 19.3 Å². The number of rotatable bonds is 4. The largest absolute Gasteiger partial charge is 0.340 e. The zero-order valence-corrected chi connectivity index (χ0v) is 7.36. The van der Waals surface area contributed by atoms with Crippen molar-refractivity contribution in [1.29, 1.82) is 0 Å². The lowest BCUT2D eigenvalue weighted by Crippen LogP contribution is -2.64. The minimum absolute atomic E-state index is 0.0756. The van der Waals surface area contributed by atoms with Gasteiger partial charge in [0.05, 0.1) is 13.2 Å². The molecule has 0 bridgehead atoms. The molecule has 2 amide bonds. The van der Waals surface area contributed by atoms with Crippen LogP contribution in [0.3, 0.4) is 0 Å². The van der Waals surface area contributed by atoms with Crippen LogP contribution in [0.1, 0.15) is 0 Å². The maximum absolute atomic E-state index is 11.3. The molecule has 8 heteroatoms. The van der Waals surface area contributed by atoms with Crippen molar-refractivity contribution in [2.45, 2.75) is 12.1 Å². The fourth-order valence-electron chi connectivity index (χ4n) is 1.10. The van der Waals surface area contributed by atoms with Crippen LogP contribution in [0.15, 0.2) is 0 Å². The fourth-order valence-corrected chi connectivity index (χ4v) is 1.10. The number of nitrogens with two attached hydrogens (primary N) is 2. The molecule has 0 unspecified atom stereocenters. The predicted molar refractivity (Wildman–Crippen MR) is 44.1 cm³/mol. The number of carbonyl (C=O) groups is 2. The Balaban J connectivity index is 2.53. The third-order valence-electron chi connectivity index (χ3n) is 1.79. The van der Waals surface area contributed by atoms with Gasteiger partial charge in [0.1, 0.15) is 12.1 Å². The van der Waals surface area contributed by atoms with Crippen molar-refractivity contribution in [1.82, 2.24) is 10.6 Å². The molecule has 0 aliphatic carbocycles. The first-order valence-corrected chi connectivity index (χ1v) is 3.93. The van der Waals surface area contributed by atoms with Crippen molar-refractivity contribution in [3.8, 4) is 0 Å². The molecular weight excluding hydrogens is 192 g/mol. The Labute approximate surface area is 79.8 Å². The van der Waals surface area contributed by atoms with Crippen molar-refractivity contribution in [3.63, 3.8) is 0 Å². The summed E-state index contributed by atoms with van der Waals surface area (Å²) in [5.41, 5.74) is 0. The first-order chi connectivity index (χ1) is 6.69. The molecule has 14 heavy (non-hydrogen) atoms. The fraction of sp³-hybridized carbons (Fsp3) is 0.667. The molecule has 1 aliphatic rings. The molecule has 0 spiro atoms. The molecule has 1 aliphatic heterocycles. The molecule has 0 aromatic rings. The van der Waals surface area contributed by atoms with Gasteiger partial charge in [0, 0.05) is 0 Å². The molecule has 80 valence electrons. The second-order valence-electron chi connectivity index (χ2n) is 2.79. The highest BCUT2D eigenvalue weighted by Crippen LogP contribution is 1.97. The van der Waals surface area contributed by atoms with E-state index < -0.39 is 12.1 Å². The van der Waals surface area contributed by atoms with Crippen LogP contribution >= 0.6 is 0 Å². The Hall–Kier alpha value is -1.22. The minimum Gasteiger partial charge on any atom is -0.340 e. The lowest BCUT2D eigenvalue weighted by molar-refractivity contribution is -0.140. The van der Waals surface area contributed by atoms with Crippen molar-refractivity contribution in [2.24, 2.45) is 11.8 Å². The van der Waals surface area contributed by atoms with Crippen LogP contribution in [0.4, 0.5) is 0 Å². The van der Waals surface area contributed by atoms with Crippen LogP contribution in [0.5, 0.6) is 0 Å². The molecule has 8 nitrogen and oxygen atoms in total. The summed E-state index contributed by atoms with van der Waals surface area (Å²) in [6.45, 7) is -0.151. The quantitative estimate of drug-likeness (QED) is 0.356. The summed E-state index contributed by atoms with van der Waals surface area (Å²) in [6.07, 6.45) is 0. The average Bonchev–Trinajstić information content (AvgIpc) is 2.14. The summed E-state index contributed by atoms with van der Waals surface area (Å²) < 4.78 is 0. The molecule has 1 heterocycles. The Kier molecular flexibility index (Phi) is 3.77. The maximum atomic E-state index is 11.3. The van der Waals surface area contributed by atoms with E-state index in [1.165, 1.54) is 0 Å². The highest BCUT2D eigenvalue weighted by Gasteiger charge is 2.33. The number of hydrogen-bond acceptors (Lipinski definition) is 6. The molecule has 0 saturated carbocycles. The Bertz CT molecular complexity index is 210. The van der Waals surface area contributed by atoms with Gasteiger partial charge in [0.2, 0.25) is 11.8 Å². The number of amides is 2. The average molecular weight is 204 g/mol. The SMILES string of the molecule is NOC[C@H]1NC(=O)[C@@H](CON)NC1=O. The standard InChI is InChI=1S/C6H12N4O4/c7-13-1-3-5(11)10-4(2-14-8)6(12)9-3/h3-4H,1-2,7-8H2,(H,9,12)(H,10,11)/t3-,4-/m1/s1. The number of piperazine rings is 1.